The lowest BCUT2D eigenvalue weighted by molar-refractivity contribution is -0.384. The summed E-state index contributed by atoms with van der Waals surface area (Å²) < 4.78 is 5.66. The Labute approximate surface area is 114 Å². The summed E-state index contributed by atoms with van der Waals surface area (Å²) in [5.74, 6) is 0.749. The molecule has 4 heteroatoms. The Morgan fingerprint density at radius 3 is 2.47 bits per heavy atom. The third-order valence-electron chi connectivity index (χ3n) is 3.12. The van der Waals surface area contributed by atoms with Crippen LogP contribution in [0.5, 0.6) is 5.75 Å². The highest BCUT2D eigenvalue weighted by Crippen LogP contribution is 2.23. The number of rotatable bonds is 9. The van der Waals surface area contributed by atoms with Crippen LogP contribution in [0, 0.1) is 17.0 Å². The molecule has 0 radical (unpaired) electrons. The van der Waals surface area contributed by atoms with E-state index in [4.69, 9.17) is 4.74 Å². The van der Waals surface area contributed by atoms with Gasteiger partial charge in [-0.2, -0.15) is 0 Å². The average Bonchev–Trinajstić information content (AvgIpc) is 2.39. The first kappa shape index (κ1) is 15.5. The van der Waals surface area contributed by atoms with Gasteiger partial charge in [-0.25, -0.2) is 0 Å². The highest BCUT2D eigenvalue weighted by Gasteiger charge is 2.08. The van der Waals surface area contributed by atoms with Gasteiger partial charge >= 0.3 is 0 Å². The monoisotopic (exact) mass is 265 g/mol. The zero-order chi connectivity index (χ0) is 14.1. The van der Waals surface area contributed by atoms with E-state index in [-0.39, 0.29) is 10.6 Å². The van der Waals surface area contributed by atoms with Crippen molar-refractivity contribution < 1.29 is 9.66 Å². The summed E-state index contributed by atoms with van der Waals surface area (Å²) in [6.45, 7) is 4.73. The maximum absolute atomic E-state index is 10.6. The average molecular weight is 265 g/mol. The Bertz CT molecular complexity index is 404. The summed E-state index contributed by atoms with van der Waals surface area (Å²) in [4.78, 5) is 10.2. The fraction of sp³-hybridized carbons (Fsp3) is 0.600. The summed E-state index contributed by atoms with van der Waals surface area (Å²) in [5, 5.41) is 10.6. The predicted molar refractivity (Wildman–Crippen MR) is 76.7 cm³/mol. The molecule has 0 atom stereocenters. The predicted octanol–water partition coefficient (Wildman–Crippen LogP) is 4.64. The molecule has 0 saturated heterocycles. The Morgan fingerprint density at radius 1 is 1.16 bits per heavy atom. The molecule has 0 bridgehead atoms. The van der Waals surface area contributed by atoms with E-state index in [0.717, 1.165) is 17.7 Å². The molecule has 0 spiro atoms. The second-order valence-corrected chi connectivity index (χ2v) is 4.82. The van der Waals surface area contributed by atoms with Crippen molar-refractivity contribution >= 4 is 5.69 Å². The van der Waals surface area contributed by atoms with Crippen molar-refractivity contribution in [3.63, 3.8) is 0 Å². The van der Waals surface area contributed by atoms with Crippen LogP contribution < -0.4 is 4.74 Å². The lowest BCUT2D eigenvalue weighted by Crippen LogP contribution is -1.99. The number of non-ortho nitro benzene ring substituents is 1. The maximum atomic E-state index is 10.6. The van der Waals surface area contributed by atoms with E-state index < -0.39 is 0 Å². The molecule has 4 nitrogen and oxygen atoms in total. The van der Waals surface area contributed by atoms with Crippen LogP contribution in [-0.4, -0.2) is 11.5 Å². The second kappa shape index (κ2) is 8.51. The summed E-state index contributed by atoms with van der Waals surface area (Å²) in [7, 11) is 0. The van der Waals surface area contributed by atoms with E-state index in [0.29, 0.717) is 6.61 Å². The van der Waals surface area contributed by atoms with Crippen LogP contribution in [-0.2, 0) is 0 Å². The number of ether oxygens (including phenoxy) is 1. The summed E-state index contributed by atoms with van der Waals surface area (Å²) in [5.41, 5.74) is 0.935. The molecule has 0 saturated carbocycles. The van der Waals surface area contributed by atoms with Crippen LogP contribution in [0.1, 0.15) is 51.0 Å². The molecule has 0 aliphatic carbocycles. The first-order valence-corrected chi connectivity index (χ1v) is 7.03. The van der Waals surface area contributed by atoms with Gasteiger partial charge < -0.3 is 4.74 Å². The highest BCUT2D eigenvalue weighted by atomic mass is 16.6. The highest BCUT2D eigenvalue weighted by molar-refractivity contribution is 5.42. The van der Waals surface area contributed by atoms with Gasteiger partial charge in [-0.1, -0.05) is 39.0 Å². The topological polar surface area (TPSA) is 52.4 Å². The van der Waals surface area contributed by atoms with Gasteiger partial charge in [-0.3, -0.25) is 10.1 Å². The smallest absolute Gasteiger partial charge is 0.269 e. The van der Waals surface area contributed by atoms with Gasteiger partial charge in [0.05, 0.1) is 11.5 Å². The van der Waals surface area contributed by atoms with Gasteiger partial charge in [0.15, 0.2) is 0 Å². The molecular formula is C15H23NO3. The fourth-order valence-corrected chi connectivity index (χ4v) is 1.97. The lowest BCUT2D eigenvalue weighted by atomic mass is 10.1. The third kappa shape index (κ3) is 5.73. The molecule has 19 heavy (non-hydrogen) atoms. The molecule has 0 heterocycles. The van der Waals surface area contributed by atoms with Gasteiger partial charge in [-0.15, -0.1) is 0 Å². The van der Waals surface area contributed by atoms with E-state index in [1.165, 1.54) is 38.2 Å². The van der Waals surface area contributed by atoms with Gasteiger partial charge in [0, 0.05) is 12.1 Å². The molecule has 0 N–H and O–H groups in total. The van der Waals surface area contributed by atoms with E-state index in [1.807, 2.05) is 6.92 Å². The number of nitro groups is 1. The van der Waals surface area contributed by atoms with Crippen molar-refractivity contribution in [3.8, 4) is 5.75 Å². The Morgan fingerprint density at radius 2 is 1.84 bits per heavy atom. The zero-order valence-corrected chi connectivity index (χ0v) is 11.9. The third-order valence-corrected chi connectivity index (χ3v) is 3.12. The number of hydrogen-bond acceptors (Lipinski definition) is 3. The zero-order valence-electron chi connectivity index (χ0n) is 11.9. The minimum Gasteiger partial charge on any atom is -0.493 e. The minimum absolute atomic E-state index is 0.115. The first-order chi connectivity index (χ1) is 9.15. The van der Waals surface area contributed by atoms with Gasteiger partial charge in [-0.05, 0) is 25.0 Å². The van der Waals surface area contributed by atoms with Crippen LogP contribution in [0.4, 0.5) is 5.69 Å². The van der Waals surface area contributed by atoms with Crippen molar-refractivity contribution in [2.45, 2.75) is 52.4 Å². The fourth-order valence-electron chi connectivity index (χ4n) is 1.97. The van der Waals surface area contributed by atoms with E-state index in [1.54, 1.807) is 12.1 Å². The van der Waals surface area contributed by atoms with Crippen molar-refractivity contribution in [1.82, 2.24) is 0 Å². The molecule has 1 aromatic carbocycles. The Balaban J connectivity index is 2.28. The van der Waals surface area contributed by atoms with Crippen LogP contribution in [0.2, 0.25) is 0 Å². The van der Waals surface area contributed by atoms with E-state index in [2.05, 4.69) is 6.92 Å². The molecular weight excluding hydrogens is 242 g/mol. The number of nitrogens with zero attached hydrogens (tertiary/aromatic N) is 1. The number of unbranched alkanes of at least 4 members (excludes halogenated alkanes) is 5. The van der Waals surface area contributed by atoms with Crippen molar-refractivity contribution in [2.24, 2.45) is 0 Å². The largest absolute Gasteiger partial charge is 0.493 e. The molecule has 0 aliphatic heterocycles. The molecule has 1 aromatic rings. The van der Waals surface area contributed by atoms with Crippen molar-refractivity contribution in [3.05, 3.63) is 33.9 Å². The van der Waals surface area contributed by atoms with E-state index >= 15 is 0 Å². The SMILES string of the molecule is CCCCCCCCOc1ccc([N+](=O)[O-])cc1C. The van der Waals surface area contributed by atoms with Crippen molar-refractivity contribution in [1.29, 1.82) is 0 Å². The molecule has 0 fully saturated rings. The molecule has 0 amide bonds. The second-order valence-electron chi connectivity index (χ2n) is 4.82. The molecule has 106 valence electrons. The van der Waals surface area contributed by atoms with Crippen LogP contribution >= 0.6 is 0 Å². The molecule has 0 unspecified atom stereocenters. The van der Waals surface area contributed by atoms with E-state index in [9.17, 15) is 10.1 Å². The lowest BCUT2D eigenvalue weighted by Gasteiger charge is -2.08. The van der Waals surface area contributed by atoms with Gasteiger partial charge in [0.1, 0.15) is 5.75 Å². The minimum atomic E-state index is -0.384. The standard InChI is InChI=1S/C15H23NO3/c1-3-4-5-6-7-8-11-19-15-10-9-14(16(17)18)12-13(15)2/h9-10,12H,3-8,11H2,1-2H3. The molecule has 1 rings (SSSR count). The summed E-state index contributed by atoms with van der Waals surface area (Å²) in [6, 6.07) is 4.73. The number of benzene rings is 1. The normalized spacial score (nSPS) is 10.4. The number of nitro benzene ring substituents is 1. The molecule has 0 aliphatic rings. The molecule has 0 aromatic heterocycles. The number of aryl methyl sites for hydroxylation is 1. The maximum Gasteiger partial charge on any atom is 0.269 e. The summed E-state index contributed by atoms with van der Waals surface area (Å²) in [6.07, 6.45) is 7.36. The van der Waals surface area contributed by atoms with Crippen molar-refractivity contribution in [2.75, 3.05) is 6.61 Å². The first-order valence-electron chi connectivity index (χ1n) is 7.03. The Hall–Kier alpha value is -1.58. The Kier molecular flexibility index (Phi) is 6.93. The summed E-state index contributed by atoms with van der Waals surface area (Å²) >= 11 is 0. The van der Waals surface area contributed by atoms with Gasteiger partial charge in [0.25, 0.3) is 5.69 Å². The number of hydrogen-bond donors (Lipinski definition) is 0. The van der Waals surface area contributed by atoms with Gasteiger partial charge in [0.2, 0.25) is 0 Å². The van der Waals surface area contributed by atoms with Crippen LogP contribution in [0.3, 0.4) is 0 Å². The quantitative estimate of drug-likeness (QED) is 0.371. The van der Waals surface area contributed by atoms with Crippen LogP contribution in [0.15, 0.2) is 18.2 Å². The van der Waals surface area contributed by atoms with Crippen LogP contribution in [0.25, 0.3) is 0 Å².